The predicted molar refractivity (Wildman–Crippen MR) is 77.6 cm³/mol. The van der Waals surface area contributed by atoms with Gasteiger partial charge in [-0.3, -0.25) is 0 Å². The normalized spacial score (nSPS) is 24.1. The highest BCUT2D eigenvalue weighted by Crippen LogP contribution is 2.14. The third-order valence-electron chi connectivity index (χ3n) is 3.88. The maximum atomic E-state index is 12.5. The second-order valence-corrected chi connectivity index (χ2v) is 7.18. The molecule has 2 N–H and O–H groups in total. The second kappa shape index (κ2) is 7.67. The first-order valence-corrected chi connectivity index (χ1v) is 8.79. The lowest BCUT2D eigenvalue weighted by Crippen LogP contribution is -2.54. The van der Waals surface area contributed by atoms with Crippen molar-refractivity contribution in [3.05, 3.63) is 0 Å². The van der Waals surface area contributed by atoms with E-state index in [-0.39, 0.29) is 0 Å². The van der Waals surface area contributed by atoms with Gasteiger partial charge in [0, 0.05) is 39.3 Å². The van der Waals surface area contributed by atoms with Crippen molar-refractivity contribution in [2.75, 3.05) is 65.6 Å². The molecule has 2 aliphatic rings. The number of rotatable bonds is 6. The molecule has 20 heavy (non-hydrogen) atoms. The van der Waals surface area contributed by atoms with E-state index in [0.29, 0.717) is 39.4 Å². The van der Waals surface area contributed by atoms with Crippen LogP contribution in [-0.2, 0) is 14.9 Å². The fourth-order valence-corrected chi connectivity index (χ4v) is 4.17. The van der Waals surface area contributed by atoms with Gasteiger partial charge in [-0.15, -0.1) is 0 Å². The summed E-state index contributed by atoms with van der Waals surface area (Å²) in [5.74, 6) is 0. The highest BCUT2D eigenvalue weighted by molar-refractivity contribution is 7.86. The van der Waals surface area contributed by atoms with E-state index in [1.54, 1.807) is 8.61 Å². The van der Waals surface area contributed by atoms with E-state index in [2.05, 4.69) is 4.90 Å². The molecule has 0 amide bonds. The summed E-state index contributed by atoms with van der Waals surface area (Å²) in [5, 5.41) is 0. The first kappa shape index (κ1) is 16.1. The molecule has 0 unspecified atom stereocenters. The Balaban J connectivity index is 1.80. The van der Waals surface area contributed by atoms with Gasteiger partial charge < -0.3 is 15.4 Å². The van der Waals surface area contributed by atoms with Crippen LogP contribution in [-0.4, -0.2) is 87.5 Å². The third-order valence-corrected chi connectivity index (χ3v) is 5.92. The van der Waals surface area contributed by atoms with Crippen LogP contribution in [0, 0.1) is 0 Å². The Morgan fingerprint density at radius 1 is 0.900 bits per heavy atom. The minimum absolute atomic E-state index is 0.471. The number of hydrogen-bond acceptors (Lipinski definition) is 5. The average Bonchev–Trinajstić information content (AvgIpc) is 2.49. The molecule has 0 aromatic carbocycles. The van der Waals surface area contributed by atoms with E-state index in [1.165, 1.54) is 0 Å². The summed E-state index contributed by atoms with van der Waals surface area (Å²) < 4.78 is 33.3. The standard InChI is InChI=1S/C12H26N4O3S/c13-3-1-2-4-14-5-7-15(8-6-14)20(17,18)16-9-11-19-12-10-16/h1-13H2. The van der Waals surface area contributed by atoms with E-state index in [4.69, 9.17) is 10.5 Å². The highest BCUT2D eigenvalue weighted by atomic mass is 32.2. The molecule has 0 spiro atoms. The van der Waals surface area contributed by atoms with Crippen molar-refractivity contribution in [1.82, 2.24) is 13.5 Å². The molecule has 2 heterocycles. The van der Waals surface area contributed by atoms with Crippen LogP contribution < -0.4 is 5.73 Å². The molecule has 2 fully saturated rings. The lowest BCUT2D eigenvalue weighted by Gasteiger charge is -2.37. The van der Waals surface area contributed by atoms with E-state index in [0.717, 1.165) is 39.0 Å². The summed E-state index contributed by atoms with van der Waals surface area (Å²) in [6.07, 6.45) is 2.12. The van der Waals surface area contributed by atoms with Gasteiger partial charge >= 0.3 is 0 Å². The lowest BCUT2D eigenvalue weighted by atomic mass is 10.2. The Morgan fingerprint density at radius 3 is 2.10 bits per heavy atom. The Kier molecular flexibility index (Phi) is 6.19. The molecular weight excluding hydrogens is 280 g/mol. The first-order valence-electron chi connectivity index (χ1n) is 7.40. The van der Waals surface area contributed by atoms with E-state index in [9.17, 15) is 8.42 Å². The number of nitrogens with two attached hydrogens (primary N) is 1. The maximum Gasteiger partial charge on any atom is 0.282 e. The molecule has 7 nitrogen and oxygen atoms in total. The molecular formula is C12H26N4O3S. The highest BCUT2D eigenvalue weighted by Gasteiger charge is 2.32. The molecule has 0 saturated carbocycles. The minimum Gasteiger partial charge on any atom is -0.379 e. The third kappa shape index (κ3) is 4.12. The molecule has 0 aromatic rings. The smallest absolute Gasteiger partial charge is 0.282 e. The Morgan fingerprint density at radius 2 is 1.50 bits per heavy atom. The van der Waals surface area contributed by atoms with Crippen LogP contribution in [0.3, 0.4) is 0 Å². The van der Waals surface area contributed by atoms with Gasteiger partial charge in [-0.05, 0) is 25.9 Å². The minimum atomic E-state index is -3.29. The van der Waals surface area contributed by atoms with E-state index < -0.39 is 10.2 Å². The van der Waals surface area contributed by atoms with Gasteiger partial charge in [0.2, 0.25) is 0 Å². The molecule has 0 radical (unpaired) electrons. The van der Waals surface area contributed by atoms with E-state index in [1.807, 2.05) is 0 Å². The van der Waals surface area contributed by atoms with Crippen molar-refractivity contribution in [3.8, 4) is 0 Å². The molecule has 0 aromatic heterocycles. The zero-order chi connectivity index (χ0) is 14.4. The molecule has 0 bridgehead atoms. The van der Waals surface area contributed by atoms with Gasteiger partial charge in [0.05, 0.1) is 13.2 Å². The molecule has 2 aliphatic heterocycles. The van der Waals surface area contributed by atoms with Crippen molar-refractivity contribution in [2.45, 2.75) is 12.8 Å². The fraction of sp³-hybridized carbons (Fsp3) is 1.00. The van der Waals surface area contributed by atoms with Crippen LogP contribution in [0.1, 0.15) is 12.8 Å². The summed E-state index contributed by atoms with van der Waals surface area (Å²) in [7, 11) is -3.29. The number of nitrogens with zero attached hydrogens (tertiary/aromatic N) is 3. The van der Waals surface area contributed by atoms with Crippen LogP contribution in [0.4, 0.5) is 0 Å². The van der Waals surface area contributed by atoms with Crippen LogP contribution in [0.2, 0.25) is 0 Å². The summed E-state index contributed by atoms with van der Waals surface area (Å²) in [6.45, 7) is 6.48. The summed E-state index contributed by atoms with van der Waals surface area (Å²) in [4.78, 5) is 2.32. The first-order chi connectivity index (χ1) is 9.64. The van der Waals surface area contributed by atoms with Gasteiger partial charge in [0.15, 0.2) is 0 Å². The second-order valence-electron chi connectivity index (χ2n) is 5.26. The predicted octanol–water partition coefficient (Wildman–Crippen LogP) is -1.08. The largest absolute Gasteiger partial charge is 0.379 e. The number of ether oxygens (including phenoxy) is 1. The monoisotopic (exact) mass is 306 g/mol. The Hall–Kier alpha value is -0.250. The Bertz CT molecular complexity index is 376. The summed E-state index contributed by atoms with van der Waals surface area (Å²) in [5.41, 5.74) is 5.48. The number of piperazine rings is 1. The quantitative estimate of drug-likeness (QED) is 0.632. The Labute approximate surface area is 121 Å². The maximum absolute atomic E-state index is 12.5. The van der Waals surface area contributed by atoms with E-state index >= 15 is 0 Å². The van der Waals surface area contributed by atoms with Gasteiger partial charge in [-0.1, -0.05) is 0 Å². The van der Waals surface area contributed by atoms with Crippen molar-refractivity contribution in [1.29, 1.82) is 0 Å². The lowest BCUT2D eigenvalue weighted by molar-refractivity contribution is 0.0685. The fourth-order valence-electron chi connectivity index (χ4n) is 2.60. The van der Waals surface area contributed by atoms with Crippen LogP contribution >= 0.6 is 0 Å². The number of unbranched alkanes of at least 4 members (excludes halogenated alkanes) is 1. The molecule has 0 aliphatic carbocycles. The van der Waals surface area contributed by atoms with Crippen molar-refractivity contribution < 1.29 is 13.2 Å². The molecule has 8 heteroatoms. The summed E-state index contributed by atoms with van der Waals surface area (Å²) >= 11 is 0. The number of hydrogen-bond donors (Lipinski definition) is 1. The van der Waals surface area contributed by atoms with Gasteiger partial charge in [-0.25, -0.2) is 0 Å². The molecule has 2 saturated heterocycles. The van der Waals surface area contributed by atoms with Gasteiger partial charge in [0.25, 0.3) is 10.2 Å². The molecule has 0 atom stereocenters. The van der Waals surface area contributed by atoms with Gasteiger partial charge in [-0.2, -0.15) is 17.0 Å². The van der Waals surface area contributed by atoms with Crippen molar-refractivity contribution in [3.63, 3.8) is 0 Å². The summed E-state index contributed by atoms with van der Waals surface area (Å²) in [6, 6.07) is 0. The SMILES string of the molecule is NCCCCN1CCN(S(=O)(=O)N2CCOCC2)CC1. The number of morpholine rings is 1. The topological polar surface area (TPSA) is 79.1 Å². The zero-order valence-electron chi connectivity index (χ0n) is 12.0. The van der Waals surface area contributed by atoms with Crippen LogP contribution in [0.25, 0.3) is 0 Å². The van der Waals surface area contributed by atoms with Crippen molar-refractivity contribution in [2.24, 2.45) is 5.73 Å². The molecule has 2 rings (SSSR count). The van der Waals surface area contributed by atoms with Crippen molar-refractivity contribution >= 4 is 10.2 Å². The van der Waals surface area contributed by atoms with Gasteiger partial charge in [0.1, 0.15) is 0 Å². The molecule has 118 valence electrons. The van der Waals surface area contributed by atoms with Crippen LogP contribution in [0.5, 0.6) is 0 Å². The average molecular weight is 306 g/mol. The zero-order valence-corrected chi connectivity index (χ0v) is 12.9. The van der Waals surface area contributed by atoms with Crippen LogP contribution in [0.15, 0.2) is 0 Å².